The number of imidazole rings is 1. The summed E-state index contributed by atoms with van der Waals surface area (Å²) < 4.78 is 6.46. The molecule has 0 saturated carbocycles. The van der Waals surface area contributed by atoms with Crippen molar-refractivity contribution >= 4 is 40.1 Å². The monoisotopic (exact) mass is 298 g/mol. The Kier molecular flexibility index (Phi) is 2.79. The number of pyridine rings is 1. The van der Waals surface area contributed by atoms with Crippen molar-refractivity contribution in [2.75, 3.05) is 5.73 Å². The molecular formula is C10H8Cl2N6O. The van der Waals surface area contributed by atoms with Crippen LogP contribution >= 0.6 is 23.2 Å². The number of hydrogen-bond acceptors (Lipinski definition) is 6. The van der Waals surface area contributed by atoms with Gasteiger partial charge in [-0.2, -0.15) is 0 Å². The van der Waals surface area contributed by atoms with Crippen LogP contribution in [0.4, 0.5) is 5.82 Å². The summed E-state index contributed by atoms with van der Waals surface area (Å²) in [5.41, 5.74) is 7.34. The Balaban J connectivity index is 2.38. The fraction of sp³-hybridized carbons (Fsp3) is 0.200. The van der Waals surface area contributed by atoms with Crippen LogP contribution in [0, 0.1) is 0 Å². The van der Waals surface area contributed by atoms with Crippen LogP contribution in [0.1, 0.15) is 6.92 Å². The van der Waals surface area contributed by atoms with Gasteiger partial charge in [0, 0.05) is 12.6 Å². The Hall–Kier alpha value is -1.86. The van der Waals surface area contributed by atoms with Gasteiger partial charge in [0.2, 0.25) is 0 Å². The molecule has 0 aliphatic carbocycles. The number of anilines is 1. The maximum absolute atomic E-state index is 6.04. The van der Waals surface area contributed by atoms with E-state index in [1.165, 1.54) is 0 Å². The van der Waals surface area contributed by atoms with Crippen molar-refractivity contribution in [3.63, 3.8) is 0 Å². The predicted molar refractivity (Wildman–Crippen MR) is 70.9 cm³/mol. The first kappa shape index (κ1) is 12.2. The lowest BCUT2D eigenvalue weighted by Crippen LogP contribution is -2.00. The number of halogens is 2. The lowest BCUT2D eigenvalue weighted by Gasteiger charge is -2.03. The number of fused-ring (bicyclic) bond motifs is 1. The fourth-order valence-corrected chi connectivity index (χ4v) is 2.37. The summed E-state index contributed by atoms with van der Waals surface area (Å²) in [4.78, 5) is 8.35. The molecule has 3 rings (SSSR count). The Morgan fingerprint density at radius 3 is 2.74 bits per heavy atom. The summed E-state index contributed by atoms with van der Waals surface area (Å²) in [5.74, 6) is 0.683. The minimum atomic E-state index is 0.167. The topological polar surface area (TPSA) is 95.7 Å². The van der Waals surface area contributed by atoms with Gasteiger partial charge in [-0.25, -0.2) is 14.6 Å². The number of aryl methyl sites for hydroxylation is 1. The molecule has 0 radical (unpaired) electrons. The summed E-state index contributed by atoms with van der Waals surface area (Å²) in [6.45, 7) is 2.59. The lowest BCUT2D eigenvalue weighted by atomic mass is 10.4. The third-order valence-corrected chi connectivity index (χ3v) is 3.16. The quantitative estimate of drug-likeness (QED) is 0.730. The molecule has 0 aliphatic rings. The van der Waals surface area contributed by atoms with Crippen LogP contribution in [0.5, 0.6) is 0 Å². The SMILES string of the molecule is CCn1c(-c2nonc2N)nc2c(Cl)nc(Cl)cc21. The highest BCUT2D eigenvalue weighted by atomic mass is 35.5. The maximum Gasteiger partial charge on any atom is 0.199 e. The van der Waals surface area contributed by atoms with Gasteiger partial charge in [0.15, 0.2) is 22.5 Å². The highest BCUT2D eigenvalue weighted by Gasteiger charge is 2.20. The van der Waals surface area contributed by atoms with E-state index in [0.717, 1.165) is 5.52 Å². The zero-order valence-electron chi connectivity index (χ0n) is 9.76. The zero-order valence-corrected chi connectivity index (χ0v) is 11.3. The normalized spacial score (nSPS) is 11.3. The number of nitrogen functional groups attached to an aromatic ring is 1. The van der Waals surface area contributed by atoms with Gasteiger partial charge in [0.25, 0.3) is 0 Å². The van der Waals surface area contributed by atoms with Gasteiger partial charge in [-0.3, -0.25) is 0 Å². The van der Waals surface area contributed by atoms with E-state index in [0.29, 0.717) is 28.7 Å². The van der Waals surface area contributed by atoms with Gasteiger partial charge >= 0.3 is 0 Å². The van der Waals surface area contributed by atoms with Gasteiger partial charge in [-0.05, 0) is 17.2 Å². The first-order chi connectivity index (χ1) is 9.11. The van der Waals surface area contributed by atoms with E-state index >= 15 is 0 Å². The van der Waals surface area contributed by atoms with E-state index in [2.05, 4.69) is 24.9 Å². The van der Waals surface area contributed by atoms with Crippen molar-refractivity contribution in [1.29, 1.82) is 0 Å². The largest absolute Gasteiger partial charge is 0.379 e. The average molecular weight is 299 g/mol. The minimum absolute atomic E-state index is 0.167. The molecule has 98 valence electrons. The molecule has 0 bridgehead atoms. The molecule has 2 N–H and O–H groups in total. The molecule has 19 heavy (non-hydrogen) atoms. The molecule has 0 unspecified atom stereocenters. The van der Waals surface area contributed by atoms with Gasteiger partial charge in [-0.1, -0.05) is 23.2 Å². The van der Waals surface area contributed by atoms with Crippen molar-refractivity contribution in [3.8, 4) is 11.5 Å². The van der Waals surface area contributed by atoms with Crippen LogP contribution in [0.3, 0.4) is 0 Å². The maximum atomic E-state index is 6.04. The molecular weight excluding hydrogens is 291 g/mol. The third kappa shape index (κ3) is 1.82. The van der Waals surface area contributed by atoms with Crippen molar-refractivity contribution in [2.24, 2.45) is 0 Å². The molecule has 0 fully saturated rings. The second-order valence-corrected chi connectivity index (χ2v) is 4.53. The Bertz CT molecular complexity index is 765. The second kappa shape index (κ2) is 4.36. The molecule has 9 heteroatoms. The predicted octanol–water partition coefficient (Wildman–Crippen LogP) is 2.39. The van der Waals surface area contributed by atoms with Crippen molar-refractivity contribution in [2.45, 2.75) is 13.5 Å². The fourth-order valence-electron chi connectivity index (χ4n) is 1.91. The summed E-state index contributed by atoms with van der Waals surface area (Å²) in [6, 6.07) is 1.69. The van der Waals surface area contributed by atoms with E-state index in [1.54, 1.807) is 6.07 Å². The summed E-state index contributed by atoms with van der Waals surface area (Å²) in [7, 11) is 0. The Morgan fingerprint density at radius 2 is 2.11 bits per heavy atom. The third-order valence-electron chi connectivity index (χ3n) is 2.70. The molecule has 0 atom stereocenters. The van der Waals surface area contributed by atoms with E-state index in [1.807, 2.05) is 11.5 Å². The van der Waals surface area contributed by atoms with Crippen LogP contribution in [-0.4, -0.2) is 24.8 Å². The summed E-state index contributed by atoms with van der Waals surface area (Å²) in [6.07, 6.45) is 0. The number of nitrogens with zero attached hydrogens (tertiary/aromatic N) is 5. The first-order valence-electron chi connectivity index (χ1n) is 5.42. The van der Waals surface area contributed by atoms with Crippen LogP contribution < -0.4 is 5.73 Å². The molecule has 0 spiro atoms. The molecule has 7 nitrogen and oxygen atoms in total. The van der Waals surface area contributed by atoms with Crippen LogP contribution in [0.25, 0.3) is 22.6 Å². The van der Waals surface area contributed by atoms with Crippen LogP contribution in [-0.2, 0) is 6.54 Å². The first-order valence-corrected chi connectivity index (χ1v) is 6.18. The van der Waals surface area contributed by atoms with Crippen molar-refractivity contribution < 1.29 is 4.63 Å². The molecule has 3 aromatic rings. The molecule has 0 saturated heterocycles. The van der Waals surface area contributed by atoms with Crippen LogP contribution in [0.2, 0.25) is 10.3 Å². The van der Waals surface area contributed by atoms with Gasteiger partial charge < -0.3 is 10.3 Å². The van der Waals surface area contributed by atoms with E-state index in [9.17, 15) is 0 Å². The molecule has 0 amide bonds. The highest BCUT2D eigenvalue weighted by Crippen LogP contribution is 2.30. The van der Waals surface area contributed by atoms with E-state index in [-0.39, 0.29) is 11.0 Å². The van der Waals surface area contributed by atoms with Gasteiger partial charge in [0.05, 0.1) is 5.52 Å². The summed E-state index contributed by atoms with van der Waals surface area (Å²) >= 11 is 12.0. The van der Waals surface area contributed by atoms with Crippen molar-refractivity contribution in [1.82, 2.24) is 24.8 Å². The minimum Gasteiger partial charge on any atom is -0.379 e. The van der Waals surface area contributed by atoms with E-state index in [4.69, 9.17) is 28.9 Å². The van der Waals surface area contributed by atoms with Crippen molar-refractivity contribution in [3.05, 3.63) is 16.4 Å². The standard InChI is InChI=1S/C10H8Cl2N6O/c1-2-18-4-3-5(11)14-8(12)6(4)15-10(18)7-9(13)17-19-16-7/h3H,2H2,1H3,(H2,13,17). The lowest BCUT2D eigenvalue weighted by molar-refractivity contribution is 0.310. The second-order valence-electron chi connectivity index (χ2n) is 3.78. The van der Waals surface area contributed by atoms with Crippen LogP contribution in [0.15, 0.2) is 10.7 Å². The van der Waals surface area contributed by atoms with Gasteiger partial charge in [-0.15, -0.1) is 0 Å². The molecule has 3 heterocycles. The zero-order chi connectivity index (χ0) is 13.6. The number of aromatic nitrogens is 5. The molecule has 3 aromatic heterocycles. The molecule has 0 aliphatic heterocycles. The highest BCUT2D eigenvalue weighted by molar-refractivity contribution is 6.36. The number of hydrogen-bond donors (Lipinski definition) is 1. The number of rotatable bonds is 2. The molecule has 0 aromatic carbocycles. The summed E-state index contributed by atoms with van der Waals surface area (Å²) in [5, 5.41) is 7.82. The Labute approximate surface area is 117 Å². The smallest absolute Gasteiger partial charge is 0.199 e. The average Bonchev–Trinajstić information content (AvgIpc) is 2.92. The number of nitrogens with two attached hydrogens (primary N) is 1. The van der Waals surface area contributed by atoms with Gasteiger partial charge in [0.1, 0.15) is 10.7 Å². The van der Waals surface area contributed by atoms with E-state index < -0.39 is 0 Å². The Morgan fingerprint density at radius 1 is 1.32 bits per heavy atom.